The van der Waals surface area contributed by atoms with Gasteiger partial charge in [0.2, 0.25) is 5.88 Å². The summed E-state index contributed by atoms with van der Waals surface area (Å²) in [5.74, 6) is -0.209. The van der Waals surface area contributed by atoms with E-state index >= 15 is 0 Å². The van der Waals surface area contributed by atoms with Gasteiger partial charge >= 0.3 is 11.8 Å². The number of likely N-dealkylation sites (tertiary alicyclic amines) is 1. The van der Waals surface area contributed by atoms with Gasteiger partial charge in [-0.15, -0.1) is 0 Å². The first-order valence-electron chi connectivity index (χ1n) is 8.59. The summed E-state index contributed by atoms with van der Waals surface area (Å²) in [5.41, 5.74) is -0.208. The molecule has 0 unspecified atom stereocenters. The lowest BCUT2D eigenvalue weighted by atomic mass is 10.2. The third-order valence-electron chi connectivity index (χ3n) is 4.79. The molecule has 1 amide bonds. The summed E-state index contributed by atoms with van der Waals surface area (Å²) < 4.78 is 8.18. The molecular weight excluding hydrogens is 393 g/mol. The first-order valence-corrected chi connectivity index (χ1v) is 9.34. The molecule has 1 N–H and O–H groups in total. The van der Waals surface area contributed by atoms with E-state index in [-0.39, 0.29) is 17.6 Å². The van der Waals surface area contributed by atoms with Gasteiger partial charge in [0.15, 0.2) is 0 Å². The molecule has 1 aromatic carbocycles. The molecule has 2 atom stereocenters. The maximum absolute atomic E-state index is 12.9. The second-order valence-corrected chi connectivity index (χ2v) is 8.74. The Morgan fingerprint density at radius 1 is 1.22 bits per heavy atom. The minimum Gasteiger partial charge on any atom is -0.493 e. The van der Waals surface area contributed by atoms with E-state index in [1.807, 2.05) is 0 Å². The van der Waals surface area contributed by atoms with Crippen LogP contribution >= 0.6 is 23.2 Å². The number of hydrogen-bond acceptors (Lipinski definition) is 4. The maximum atomic E-state index is 12.9. The van der Waals surface area contributed by atoms with Crippen molar-refractivity contribution in [3.8, 4) is 11.6 Å². The molecular formula is C18H19Cl2N3O4. The fourth-order valence-corrected chi connectivity index (χ4v) is 4.38. The fraction of sp³-hybridized carbons (Fsp3) is 0.444. The van der Waals surface area contributed by atoms with E-state index in [0.717, 1.165) is 0 Å². The van der Waals surface area contributed by atoms with E-state index in [4.69, 9.17) is 27.9 Å². The Balaban J connectivity index is 1.77. The number of aromatic hydroxyl groups is 1. The number of carbonyl (C=O) groups is 1. The van der Waals surface area contributed by atoms with E-state index in [2.05, 4.69) is 0 Å². The summed E-state index contributed by atoms with van der Waals surface area (Å²) >= 11 is 12.1. The molecule has 2 aromatic rings. The quantitative estimate of drug-likeness (QED) is 0.771. The van der Waals surface area contributed by atoms with Gasteiger partial charge in [-0.1, -0.05) is 23.2 Å². The van der Waals surface area contributed by atoms with Gasteiger partial charge in [0.25, 0.3) is 0 Å². The van der Waals surface area contributed by atoms with E-state index < -0.39 is 17.7 Å². The molecule has 1 aromatic heterocycles. The zero-order chi connectivity index (χ0) is 19.7. The largest absolute Gasteiger partial charge is 0.493 e. The minimum atomic E-state index is -0.621. The predicted octanol–water partition coefficient (Wildman–Crippen LogP) is 3.89. The van der Waals surface area contributed by atoms with Gasteiger partial charge in [-0.2, -0.15) is 0 Å². The highest BCUT2D eigenvalue weighted by Crippen LogP contribution is 2.49. The SMILES string of the molecule is CC(C)(C)OC(=O)N1C[C@@H]2C[C@H]1c1c(O)n(-c3cc(Cl)cc(Cl)c3)c(=O)n12. The fourth-order valence-electron chi connectivity index (χ4n) is 3.87. The van der Waals surface area contributed by atoms with E-state index in [0.29, 0.717) is 34.4 Å². The average Bonchev–Trinajstić information content (AvgIpc) is 3.16. The Morgan fingerprint density at radius 2 is 1.85 bits per heavy atom. The average molecular weight is 412 g/mol. The van der Waals surface area contributed by atoms with Crippen molar-refractivity contribution < 1.29 is 14.6 Å². The summed E-state index contributed by atoms with van der Waals surface area (Å²) in [7, 11) is 0. The van der Waals surface area contributed by atoms with Gasteiger partial charge in [-0.3, -0.25) is 9.47 Å². The minimum absolute atomic E-state index is 0.202. The number of fused-ring (bicyclic) bond motifs is 5. The topological polar surface area (TPSA) is 76.7 Å². The third kappa shape index (κ3) is 2.89. The van der Waals surface area contributed by atoms with Crippen molar-refractivity contribution in [3.63, 3.8) is 0 Å². The van der Waals surface area contributed by atoms with Gasteiger partial charge in [-0.05, 0) is 45.4 Å². The van der Waals surface area contributed by atoms with E-state index in [1.54, 1.807) is 48.4 Å². The molecule has 0 saturated carbocycles. The van der Waals surface area contributed by atoms with Crippen LogP contribution in [0.2, 0.25) is 10.0 Å². The number of carbonyl (C=O) groups excluding carboxylic acids is 1. The molecule has 2 aliphatic rings. The van der Waals surface area contributed by atoms with Gasteiger partial charge in [-0.25, -0.2) is 14.2 Å². The first-order chi connectivity index (χ1) is 12.6. The van der Waals surface area contributed by atoms with Gasteiger partial charge < -0.3 is 9.84 Å². The van der Waals surface area contributed by atoms with Crippen LogP contribution in [0, 0.1) is 0 Å². The molecule has 0 radical (unpaired) electrons. The molecule has 9 heteroatoms. The highest BCUT2D eigenvalue weighted by Gasteiger charge is 2.50. The number of ether oxygens (including phenoxy) is 1. The van der Waals surface area contributed by atoms with Crippen LogP contribution in [0.5, 0.6) is 5.88 Å². The third-order valence-corrected chi connectivity index (χ3v) is 5.23. The normalized spacial score (nSPS) is 20.9. The van der Waals surface area contributed by atoms with Crippen LogP contribution in [0.1, 0.15) is 45.0 Å². The molecule has 0 aliphatic carbocycles. The molecule has 4 rings (SSSR count). The van der Waals surface area contributed by atoms with Crippen LogP contribution in [-0.4, -0.2) is 37.4 Å². The Morgan fingerprint density at radius 3 is 2.44 bits per heavy atom. The molecule has 0 spiro atoms. The molecule has 144 valence electrons. The highest BCUT2D eigenvalue weighted by molar-refractivity contribution is 6.34. The summed E-state index contributed by atoms with van der Waals surface area (Å²) in [6.07, 6.45) is 0.126. The van der Waals surface area contributed by atoms with Crippen LogP contribution in [0.3, 0.4) is 0 Å². The zero-order valence-corrected chi connectivity index (χ0v) is 16.6. The Hall–Kier alpha value is -2.12. The number of amides is 1. The van der Waals surface area contributed by atoms with Crippen molar-refractivity contribution in [1.82, 2.24) is 14.0 Å². The molecule has 1 fully saturated rings. The van der Waals surface area contributed by atoms with Crippen molar-refractivity contribution in [2.45, 2.75) is 44.9 Å². The van der Waals surface area contributed by atoms with Gasteiger partial charge in [0, 0.05) is 16.6 Å². The lowest BCUT2D eigenvalue weighted by molar-refractivity contribution is 0.0198. The Labute approximate surface area is 165 Å². The van der Waals surface area contributed by atoms with Gasteiger partial charge in [0.1, 0.15) is 11.3 Å². The van der Waals surface area contributed by atoms with Crippen LogP contribution in [0.25, 0.3) is 5.69 Å². The van der Waals surface area contributed by atoms with Crippen molar-refractivity contribution in [3.05, 3.63) is 44.4 Å². The van der Waals surface area contributed by atoms with Crippen molar-refractivity contribution in [1.29, 1.82) is 0 Å². The van der Waals surface area contributed by atoms with Crippen molar-refractivity contribution in [2.24, 2.45) is 0 Å². The highest BCUT2D eigenvalue weighted by atomic mass is 35.5. The second-order valence-electron chi connectivity index (χ2n) is 7.86. The van der Waals surface area contributed by atoms with Crippen molar-refractivity contribution in [2.75, 3.05) is 6.54 Å². The Kier molecular flexibility index (Phi) is 4.01. The van der Waals surface area contributed by atoms with Crippen LogP contribution < -0.4 is 5.69 Å². The Bertz CT molecular complexity index is 985. The van der Waals surface area contributed by atoms with Crippen LogP contribution in [-0.2, 0) is 4.74 Å². The van der Waals surface area contributed by atoms with E-state index in [9.17, 15) is 14.7 Å². The molecule has 7 nitrogen and oxygen atoms in total. The number of rotatable bonds is 1. The monoisotopic (exact) mass is 411 g/mol. The standard InChI is InChI=1S/C18H19Cl2N3O4/c1-18(2,3)27-17(26)21-8-12-7-13(21)14-15(24)23(16(25)22(12)14)11-5-9(19)4-10(20)6-11/h4-6,12-13,24H,7-8H2,1-3H3/t12-,13-/m0/s1. The number of halogens is 2. The zero-order valence-electron chi connectivity index (χ0n) is 15.1. The summed E-state index contributed by atoms with van der Waals surface area (Å²) in [6, 6.07) is 4.04. The van der Waals surface area contributed by atoms with E-state index in [1.165, 1.54) is 4.57 Å². The number of imidazole rings is 1. The molecule has 27 heavy (non-hydrogen) atoms. The summed E-state index contributed by atoms with van der Waals surface area (Å²) in [6.45, 7) is 5.76. The first kappa shape index (κ1) is 18.3. The van der Waals surface area contributed by atoms with Gasteiger partial charge in [0.05, 0.1) is 17.8 Å². The number of hydrogen-bond donors (Lipinski definition) is 1. The number of benzene rings is 1. The molecule has 2 bridgehead atoms. The van der Waals surface area contributed by atoms with Crippen LogP contribution in [0.15, 0.2) is 23.0 Å². The molecule has 3 heterocycles. The maximum Gasteiger partial charge on any atom is 0.410 e. The summed E-state index contributed by atoms with van der Waals surface area (Å²) in [5, 5.41) is 11.5. The molecule has 2 aliphatic heterocycles. The second kappa shape index (κ2) is 5.94. The number of nitrogens with zero attached hydrogens (tertiary/aromatic N) is 3. The smallest absolute Gasteiger partial charge is 0.410 e. The van der Waals surface area contributed by atoms with Crippen molar-refractivity contribution >= 4 is 29.3 Å². The lowest BCUT2D eigenvalue weighted by Gasteiger charge is -2.30. The predicted molar refractivity (Wildman–Crippen MR) is 101 cm³/mol. The lowest BCUT2D eigenvalue weighted by Crippen LogP contribution is -2.40. The molecule has 1 saturated heterocycles. The number of aromatic nitrogens is 2. The van der Waals surface area contributed by atoms with Crippen LogP contribution in [0.4, 0.5) is 4.79 Å². The summed E-state index contributed by atoms with van der Waals surface area (Å²) in [4.78, 5) is 27.0.